The largest absolute Gasteiger partial charge is 0.422 e. The van der Waals surface area contributed by atoms with Gasteiger partial charge in [0.15, 0.2) is 0 Å². The minimum Gasteiger partial charge on any atom is -0.422 e. The maximum absolute atomic E-state index is 12.4. The molecule has 0 radical (unpaired) electrons. The fraction of sp³-hybridized carbons (Fsp3) is 0.333. The third-order valence-electron chi connectivity index (χ3n) is 3.47. The van der Waals surface area contributed by atoms with Gasteiger partial charge in [-0.25, -0.2) is 4.79 Å². The van der Waals surface area contributed by atoms with Gasteiger partial charge in [0.25, 0.3) is 5.91 Å². The van der Waals surface area contributed by atoms with Crippen molar-refractivity contribution in [1.29, 1.82) is 0 Å². The summed E-state index contributed by atoms with van der Waals surface area (Å²) in [6.45, 7) is 0. The number of rotatable bonds is 4. The molecule has 1 saturated carbocycles. The average Bonchev–Trinajstić information content (AvgIpc) is 3.28. The number of hydrogen-bond donors (Lipinski definition) is 2. The summed E-state index contributed by atoms with van der Waals surface area (Å²) in [5.41, 5.74) is -0.473. The molecule has 0 spiro atoms. The number of hydrogen-bond acceptors (Lipinski definition) is 4. The number of alkyl halides is 3. The number of nitrogens with one attached hydrogen (secondary N) is 2. The summed E-state index contributed by atoms with van der Waals surface area (Å²) in [5, 5.41) is 6.21. The van der Waals surface area contributed by atoms with Gasteiger partial charge >= 0.3 is 5.63 Å². The quantitative estimate of drug-likeness (QED) is 0.490. The lowest BCUT2D eigenvalue weighted by atomic mass is 10.2. The van der Waals surface area contributed by atoms with E-state index in [4.69, 9.17) is 39.2 Å². The number of halogens is 3. The molecule has 2 N–H and O–H groups in total. The Morgan fingerprint density at radius 1 is 1.26 bits per heavy atom. The Morgan fingerprint density at radius 3 is 2.61 bits per heavy atom. The Balaban J connectivity index is 1.86. The summed E-state index contributed by atoms with van der Waals surface area (Å²) < 4.78 is 3.40. The van der Waals surface area contributed by atoms with Gasteiger partial charge in [-0.2, -0.15) is 0 Å². The van der Waals surface area contributed by atoms with E-state index in [1.165, 1.54) is 6.07 Å². The third-order valence-corrected chi connectivity index (χ3v) is 4.12. The minimum absolute atomic E-state index is 0.138. The van der Waals surface area contributed by atoms with Crippen molar-refractivity contribution in [2.75, 3.05) is 0 Å². The van der Waals surface area contributed by atoms with Crippen molar-refractivity contribution < 1.29 is 9.21 Å². The van der Waals surface area contributed by atoms with E-state index in [0.717, 1.165) is 12.8 Å². The average molecular weight is 376 g/mol. The number of amides is 1. The fourth-order valence-electron chi connectivity index (χ4n) is 2.13. The van der Waals surface area contributed by atoms with Gasteiger partial charge in [0, 0.05) is 11.4 Å². The summed E-state index contributed by atoms with van der Waals surface area (Å²) >= 11 is 17.7. The van der Waals surface area contributed by atoms with E-state index in [2.05, 4.69) is 10.6 Å². The molecule has 1 heterocycles. The summed E-state index contributed by atoms with van der Waals surface area (Å²) in [5.74, 6) is -0.658. The molecule has 5 nitrogen and oxygen atoms in total. The molecule has 8 heteroatoms. The van der Waals surface area contributed by atoms with Gasteiger partial charge in [0.2, 0.25) is 3.79 Å². The first-order valence-electron chi connectivity index (χ1n) is 7.01. The third kappa shape index (κ3) is 3.98. The second kappa shape index (κ2) is 6.32. The Labute approximate surface area is 146 Å². The van der Waals surface area contributed by atoms with Crippen LogP contribution in [-0.4, -0.2) is 21.9 Å². The maximum atomic E-state index is 12.4. The Bertz CT molecular complexity index is 796. The van der Waals surface area contributed by atoms with E-state index in [9.17, 15) is 9.59 Å². The molecular formula is C15H13Cl3N2O3. The van der Waals surface area contributed by atoms with Crippen molar-refractivity contribution in [2.45, 2.75) is 28.8 Å². The summed E-state index contributed by atoms with van der Waals surface area (Å²) in [6, 6.07) is 8.57. The number of para-hydroxylation sites is 1. The van der Waals surface area contributed by atoms with Gasteiger partial charge in [-0.05, 0) is 25.0 Å². The topological polar surface area (TPSA) is 71.3 Å². The van der Waals surface area contributed by atoms with Crippen molar-refractivity contribution in [3.8, 4) is 0 Å². The zero-order chi connectivity index (χ0) is 16.6. The Morgan fingerprint density at radius 2 is 1.96 bits per heavy atom. The van der Waals surface area contributed by atoms with Crippen LogP contribution in [-0.2, 0) is 0 Å². The van der Waals surface area contributed by atoms with E-state index >= 15 is 0 Å². The first kappa shape index (κ1) is 16.6. The van der Waals surface area contributed by atoms with Gasteiger partial charge in [0.05, 0.1) is 0 Å². The van der Waals surface area contributed by atoms with Crippen LogP contribution in [0.2, 0.25) is 0 Å². The van der Waals surface area contributed by atoms with E-state index < -0.39 is 21.5 Å². The van der Waals surface area contributed by atoms with Crippen LogP contribution in [0.15, 0.2) is 39.5 Å². The van der Waals surface area contributed by atoms with Crippen LogP contribution < -0.4 is 16.3 Å². The van der Waals surface area contributed by atoms with Gasteiger partial charge < -0.3 is 9.73 Å². The van der Waals surface area contributed by atoms with Gasteiger partial charge in [0.1, 0.15) is 17.3 Å². The van der Waals surface area contributed by atoms with E-state index in [1.807, 2.05) is 0 Å². The van der Waals surface area contributed by atoms with Crippen LogP contribution in [0.4, 0.5) is 0 Å². The number of benzene rings is 1. The fourth-order valence-corrected chi connectivity index (χ4v) is 2.49. The molecule has 1 aromatic heterocycles. The van der Waals surface area contributed by atoms with E-state index in [1.54, 1.807) is 24.3 Å². The van der Waals surface area contributed by atoms with E-state index in [-0.39, 0.29) is 11.6 Å². The molecule has 1 atom stereocenters. The molecule has 1 unspecified atom stereocenters. The zero-order valence-corrected chi connectivity index (χ0v) is 14.1. The second-order valence-corrected chi connectivity index (χ2v) is 7.74. The van der Waals surface area contributed by atoms with E-state index in [0.29, 0.717) is 11.0 Å². The maximum Gasteiger partial charge on any atom is 0.349 e. The first-order valence-corrected chi connectivity index (χ1v) is 8.14. The monoisotopic (exact) mass is 374 g/mol. The van der Waals surface area contributed by atoms with Crippen LogP contribution in [0.1, 0.15) is 23.2 Å². The van der Waals surface area contributed by atoms with Crippen molar-refractivity contribution in [3.05, 3.63) is 46.3 Å². The highest BCUT2D eigenvalue weighted by atomic mass is 35.6. The molecule has 1 aliphatic rings. The van der Waals surface area contributed by atoms with Crippen molar-refractivity contribution in [1.82, 2.24) is 10.6 Å². The van der Waals surface area contributed by atoms with Crippen molar-refractivity contribution in [3.63, 3.8) is 0 Å². The first-order chi connectivity index (χ1) is 10.8. The molecular weight excluding hydrogens is 363 g/mol. The molecule has 3 rings (SSSR count). The van der Waals surface area contributed by atoms with Gasteiger partial charge in [-0.15, -0.1) is 0 Å². The SMILES string of the molecule is O=C(NC(NC1CC1)C(Cl)(Cl)Cl)c1cc2ccccc2oc1=O. The lowest BCUT2D eigenvalue weighted by Crippen LogP contribution is -2.54. The molecule has 2 aromatic rings. The molecule has 0 bridgehead atoms. The van der Waals surface area contributed by atoms with Crippen molar-refractivity contribution in [2.24, 2.45) is 0 Å². The second-order valence-electron chi connectivity index (χ2n) is 5.37. The zero-order valence-electron chi connectivity index (χ0n) is 11.8. The van der Waals surface area contributed by atoms with Gasteiger partial charge in [-0.1, -0.05) is 53.0 Å². The molecule has 1 aliphatic carbocycles. The highest BCUT2D eigenvalue weighted by Gasteiger charge is 2.38. The highest BCUT2D eigenvalue weighted by molar-refractivity contribution is 6.68. The molecule has 1 aromatic carbocycles. The predicted molar refractivity (Wildman–Crippen MR) is 90.2 cm³/mol. The number of fused-ring (bicyclic) bond motifs is 1. The molecule has 1 amide bonds. The predicted octanol–water partition coefficient (Wildman–Crippen LogP) is 2.97. The lowest BCUT2D eigenvalue weighted by molar-refractivity contribution is 0.0926. The number of carbonyl (C=O) groups is 1. The summed E-state index contributed by atoms with van der Waals surface area (Å²) in [4.78, 5) is 24.4. The van der Waals surface area contributed by atoms with Crippen LogP contribution in [0, 0.1) is 0 Å². The standard InChI is InChI=1S/C15H13Cl3N2O3/c16-15(17,18)14(19-9-5-6-9)20-12(21)10-7-8-3-1-2-4-11(8)23-13(10)22/h1-4,7,9,14,19H,5-6H2,(H,20,21). The molecule has 0 aliphatic heterocycles. The Hall–Kier alpha value is -1.27. The minimum atomic E-state index is -1.74. The van der Waals surface area contributed by atoms with Gasteiger partial charge in [-0.3, -0.25) is 10.1 Å². The van der Waals surface area contributed by atoms with Crippen LogP contribution >= 0.6 is 34.8 Å². The Kier molecular flexibility index (Phi) is 4.56. The highest BCUT2D eigenvalue weighted by Crippen LogP contribution is 2.31. The summed E-state index contributed by atoms with van der Waals surface area (Å²) in [6.07, 6.45) is 0.995. The smallest absolute Gasteiger partial charge is 0.349 e. The summed E-state index contributed by atoms with van der Waals surface area (Å²) in [7, 11) is 0. The molecule has 122 valence electrons. The van der Waals surface area contributed by atoms with Crippen LogP contribution in [0.25, 0.3) is 11.0 Å². The molecule has 1 fully saturated rings. The van der Waals surface area contributed by atoms with Crippen molar-refractivity contribution >= 4 is 51.7 Å². The lowest BCUT2D eigenvalue weighted by Gasteiger charge is -2.26. The molecule has 0 saturated heterocycles. The number of carbonyl (C=O) groups excluding carboxylic acids is 1. The normalized spacial score (nSPS) is 16.3. The molecule has 23 heavy (non-hydrogen) atoms. The van der Waals surface area contributed by atoms with Crippen LogP contribution in [0.5, 0.6) is 0 Å². The van der Waals surface area contributed by atoms with Crippen LogP contribution in [0.3, 0.4) is 0 Å².